The molecule has 1 aliphatic carbocycles. The number of hydrogen-bond donors (Lipinski definition) is 0. The smallest absolute Gasteiger partial charge is 0.163 e. The topological polar surface area (TPSA) is 20.3 Å². The molecule has 108 valence electrons. The zero-order valence-corrected chi connectivity index (χ0v) is 12.6. The molecule has 0 aromatic heterocycles. The van der Waals surface area contributed by atoms with Crippen LogP contribution in [-0.2, 0) is 4.79 Å². The quantitative estimate of drug-likeness (QED) is 0.558. The van der Waals surface area contributed by atoms with Crippen LogP contribution < -0.4 is 4.90 Å². The summed E-state index contributed by atoms with van der Waals surface area (Å²) in [6.07, 6.45) is 8.72. The van der Waals surface area contributed by atoms with Crippen LogP contribution in [0.5, 0.6) is 0 Å². The molecule has 0 aliphatic heterocycles. The van der Waals surface area contributed by atoms with Gasteiger partial charge in [-0.05, 0) is 31.4 Å². The van der Waals surface area contributed by atoms with Crippen LogP contribution in [0.1, 0.15) is 45.4 Å². The number of nitrogens with zero attached hydrogens (tertiary/aromatic N) is 1. The van der Waals surface area contributed by atoms with Gasteiger partial charge < -0.3 is 4.90 Å². The third-order valence-electron chi connectivity index (χ3n) is 4.12. The van der Waals surface area contributed by atoms with E-state index in [2.05, 4.69) is 24.0 Å². The van der Waals surface area contributed by atoms with Gasteiger partial charge in [0.25, 0.3) is 0 Å². The summed E-state index contributed by atoms with van der Waals surface area (Å²) in [5.41, 5.74) is 2.13. The molecule has 0 spiro atoms. The summed E-state index contributed by atoms with van der Waals surface area (Å²) in [5.74, 6) is 0.654. The molecule has 2 nitrogen and oxygen atoms in total. The number of anilines is 1. The molecule has 1 aromatic carbocycles. The number of unbranched alkanes of at least 4 members (excludes halogenated alkanes) is 2. The Hall–Kier alpha value is -1.57. The second kappa shape index (κ2) is 7.28. The van der Waals surface area contributed by atoms with Gasteiger partial charge in [-0.15, -0.1) is 0 Å². The Morgan fingerprint density at radius 3 is 2.70 bits per heavy atom. The van der Waals surface area contributed by atoms with Gasteiger partial charge in [-0.1, -0.05) is 44.4 Å². The SMILES string of the molecule is CCCCCC1CCC(=CN(C)c2ccccc2)C1=O. The molecule has 0 saturated heterocycles. The van der Waals surface area contributed by atoms with Crippen LogP contribution in [0, 0.1) is 5.92 Å². The third kappa shape index (κ3) is 3.72. The van der Waals surface area contributed by atoms with E-state index in [4.69, 9.17) is 0 Å². The lowest BCUT2D eigenvalue weighted by molar-refractivity contribution is -0.118. The van der Waals surface area contributed by atoms with E-state index >= 15 is 0 Å². The Labute approximate surface area is 122 Å². The Kier molecular flexibility index (Phi) is 5.40. The van der Waals surface area contributed by atoms with Crippen LogP contribution in [0.4, 0.5) is 5.69 Å². The maximum atomic E-state index is 12.4. The molecule has 0 N–H and O–H groups in total. The first-order valence-electron chi connectivity index (χ1n) is 7.75. The molecule has 0 radical (unpaired) electrons. The van der Waals surface area contributed by atoms with Gasteiger partial charge in [0.1, 0.15) is 0 Å². The first-order chi connectivity index (χ1) is 9.72. The summed E-state index contributed by atoms with van der Waals surface area (Å²) < 4.78 is 0. The standard InChI is InChI=1S/C18H25NO/c1-3-4-6-9-15-12-13-16(18(15)20)14-19(2)17-10-7-5-8-11-17/h5,7-8,10-11,14-15H,3-4,6,9,12-13H2,1-2H3. The molecule has 0 heterocycles. The average Bonchev–Trinajstić information content (AvgIpc) is 2.81. The summed E-state index contributed by atoms with van der Waals surface area (Å²) in [6.45, 7) is 2.20. The zero-order chi connectivity index (χ0) is 14.4. The molecule has 1 unspecified atom stereocenters. The van der Waals surface area contributed by atoms with E-state index < -0.39 is 0 Å². The molecule has 1 fully saturated rings. The van der Waals surface area contributed by atoms with E-state index in [9.17, 15) is 4.79 Å². The van der Waals surface area contributed by atoms with E-state index in [0.717, 1.165) is 30.5 Å². The van der Waals surface area contributed by atoms with Crippen molar-refractivity contribution in [2.75, 3.05) is 11.9 Å². The van der Waals surface area contributed by atoms with Gasteiger partial charge in [-0.2, -0.15) is 0 Å². The lowest BCUT2D eigenvalue weighted by Crippen LogP contribution is -2.13. The number of hydrogen-bond acceptors (Lipinski definition) is 2. The maximum Gasteiger partial charge on any atom is 0.163 e. The molecule has 2 heteroatoms. The van der Waals surface area contributed by atoms with E-state index in [0.29, 0.717) is 5.78 Å². The first kappa shape index (κ1) is 14.8. The second-order valence-corrected chi connectivity index (χ2v) is 5.70. The normalized spacial score (nSPS) is 20.6. The number of rotatable bonds is 6. The molecule has 0 amide bonds. The predicted molar refractivity (Wildman–Crippen MR) is 84.8 cm³/mol. The number of para-hydroxylation sites is 1. The minimum absolute atomic E-state index is 0.275. The molecule has 0 bridgehead atoms. The highest BCUT2D eigenvalue weighted by molar-refractivity contribution is 5.99. The lowest BCUT2D eigenvalue weighted by atomic mass is 9.98. The van der Waals surface area contributed by atoms with Gasteiger partial charge in [0, 0.05) is 30.4 Å². The summed E-state index contributed by atoms with van der Waals surface area (Å²) in [6, 6.07) is 10.2. The van der Waals surface area contributed by atoms with Crippen LogP contribution in [0.3, 0.4) is 0 Å². The molecule has 1 saturated carbocycles. The number of benzene rings is 1. The van der Waals surface area contributed by atoms with Crippen molar-refractivity contribution in [1.29, 1.82) is 0 Å². The Morgan fingerprint density at radius 1 is 1.25 bits per heavy atom. The monoisotopic (exact) mass is 271 g/mol. The predicted octanol–water partition coefficient (Wildman–Crippen LogP) is 4.57. The fourth-order valence-corrected chi connectivity index (χ4v) is 2.86. The number of carbonyl (C=O) groups is 1. The summed E-state index contributed by atoms with van der Waals surface area (Å²) >= 11 is 0. The van der Waals surface area contributed by atoms with Crippen molar-refractivity contribution in [3.63, 3.8) is 0 Å². The van der Waals surface area contributed by atoms with Gasteiger partial charge in [0.15, 0.2) is 5.78 Å². The molecular weight excluding hydrogens is 246 g/mol. The Bertz CT molecular complexity index is 464. The van der Waals surface area contributed by atoms with E-state index in [1.165, 1.54) is 19.3 Å². The van der Waals surface area contributed by atoms with Crippen LogP contribution in [0.25, 0.3) is 0 Å². The minimum Gasteiger partial charge on any atom is -0.351 e. The molecular formula is C18H25NO. The van der Waals surface area contributed by atoms with Crippen LogP contribution in [0.15, 0.2) is 42.1 Å². The van der Waals surface area contributed by atoms with E-state index in [1.54, 1.807) is 0 Å². The zero-order valence-electron chi connectivity index (χ0n) is 12.6. The van der Waals surface area contributed by atoms with E-state index in [1.807, 2.05) is 31.4 Å². The fraction of sp³-hybridized carbons (Fsp3) is 0.500. The highest BCUT2D eigenvalue weighted by Crippen LogP contribution is 2.31. The summed E-state index contributed by atoms with van der Waals surface area (Å²) in [4.78, 5) is 14.4. The van der Waals surface area contributed by atoms with Crippen molar-refractivity contribution < 1.29 is 4.79 Å². The largest absolute Gasteiger partial charge is 0.351 e. The van der Waals surface area contributed by atoms with Crippen molar-refractivity contribution in [1.82, 2.24) is 0 Å². The minimum atomic E-state index is 0.275. The number of allylic oxidation sites excluding steroid dienone is 1. The highest BCUT2D eigenvalue weighted by Gasteiger charge is 2.28. The Morgan fingerprint density at radius 2 is 2.00 bits per heavy atom. The van der Waals surface area contributed by atoms with Crippen LogP contribution >= 0.6 is 0 Å². The van der Waals surface area contributed by atoms with Gasteiger partial charge in [0.2, 0.25) is 0 Å². The van der Waals surface area contributed by atoms with Crippen molar-refractivity contribution in [2.45, 2.75) is 45.4 Å². The van der Waals surface area contributed by atoms with Crippen LogP contribution in [0.2, 0.25) is 0 Å². The molecule has 1 aliphatic rings. The number of carbonyl (C=O) groups excluding carboxylic acids is 1. The van der Waals surface area contributed by atoms with Crippen molar-refractivity contribution in [2.24, 2.45) is 5.92 Å². The van der Waals surface area contributed by atoms with E-state index in [-0.39, 0.29) is 5.92 Å². The van der Waals surface area contributed by atoms with Gasteiger partial charge in [0.05, 0.1) is 0 Å². The Balaban J connectivity index is 1.96. The van der Waals surface area contributed by atoms with Crippen molar-refractivity contribution in [3.8, 4) is 0 Å². The maximum absolute atomic E-state index is 12.4. The summed E-state index contributed by atoms with van der Waals surface area (Å²) in [5, 5.41) is 0. The first-order valence-corrected chi connectivity index (χ1v) is 7.75. The lowest BCUT2D eigenvalue weighted by Gasteiger charge is -2.15. The molecule has 20 heavy (non-hydrogen) atoms. The van der Waals surface area contributed by atoms with Gasteiger partial charge in [-0.3, -0.25) is 4.79 Å². The molecule has 1 aromatic rings. The van der Waals surface area contributed by atoms with Gasteiger partial charge in [-0.25, -0.2) is 0 Å². The second-order valence-electron chi connectivity index (χ2n) is 5.70. The van der Waals surface area contributed by atoms with Crippen LogP contribution in [-0.4, -0.2) is 12.8 Å². The fourth-order valence-electron chi connectivity index (χ4n) is 2.86. The number of ketones is 1. The molecule has 2 rings (SSSR count). The number of Topliss-reactive ketones (excluding diaryl/α,β-unsaturated/α-hetero) is 1. The van der Waals surface area contributed by atoms with Crippen molar-refractivity contribution in [3.05, 3.63) is 42.1 Å². The third-order valence-corrected chi connectivity index (χ3v) is 4.12. The molecule has 1 atom stereocenters. The van der Waals surface area contributed by atoms with Crippen molar-refractivity contribution >= 4 is 11.5 Å². The highest BCUT2D eigenvalue weighted by atomic mass is 16.1. The van der Waals surface area contributed by atoms with Gasteiger partial charge >= 0.3 is 0 Å². The average molecular weight is 271 g/mol. The summed E-state index contributed by atoms with van der Waals surface area (Å²) in [7, 11) is 2.01.